The van der Waals surface area contributed by atoms with E-state index in [1.165, 1.54) is 18.2 Å². The van der Waals surface area contributed by atoms with E-state index in [1.54, 1.807) is 19.1 Å². The summed E-state index contributed by atoms with van der Waals surface area (Å²) < 4.78 is 6.82. The van der Waals surface area contributed by atoms with Crippen molar-refractivity contribution in [2.75, 3.05) is 13.2 Å². The largest absolute Gasteiger partial charge is 0.463 e. The minimum absolute atomic E-state index is 0.0471. The van der Waals surface area contributed by atoms with Crippen LogP contribution in [0.5, 0.6) is 0 Å². The fourth-order valence-electron chi connectivity index (χ4n) is 3.11. The number of rotatable bonds is 9. The van der Waals surface area contributed by atoms with Gasteiger partial charge in [0.05, 0.1) is 22.6 Å². The molecule has 0 aliphatic carbocycles. The molecular formula is C22H24N4O4. The fraction of sp³-hybridized carbons (Fsp3) is 0.273. The number of esters is 1. The van der Waals surface area contributed by atoms with Crippen LogP contribution >= 0.6 is 0 Å². The van der Waals surface area contributed by atoms with E-state index in [4.69, 9.17) is 4.74 Å². The maximum absolute atomic E-state index is 11.3. The number of aryl methyl sites for hydroxylation is 1. The first-order valence-corrected chi connectivity index (χ1v) is 9.72. The number of fused-ring (bicyclic) bond motifs is 1. The summed E-state index contributed by atoms with van der Waals surface area (Å²) in [5.74, 6) is 0.525. The number of non-ortho nitro benzene ring substituents is 1. The number of aromatic nitrogens is 2. The number of carbonyl (C=O) groups is 1. The maximum Gasteiger partial charge on any atom is 0.330 e. The number of imidazole rings is 1. The molecule has 0 aliphatic heterocycles. The molecule has 156 valence electrons. The van der Waals surface area contributed by atoms with Gasteiger partial charge in [-0.15, -0.1) is 0 Å². The first kappa shape index (κ1) is 21.2. The zero-order chi connectivity index (χ0) is 21.5. The van der Waals surface area contributed by atoms with Gasteiger partial charge in [0.2, 0.25) is 0 Å². The third-order valence-electron chi connectivity index (χ3n) is 4.70. The molecule has 3 rings (SSSR count). The van der Waals surface area contributed by atoms with Crippen LogP contribution in [-0.2, 0) is 29.5 Å². The van der Waals surface area contributed by atoms with Gasteiger partial charge in [-0.2, -0.15) is 0 Å². The summed E-state index contributed by atoms with van der Waals surface area (Å²) in [5, 5.41) is 14.3. The molecule has 0 bridgehead atoms. The van der Waals surface area contributed by atoms with Gasteiger partial charge in [-0.25, -0.2) is 9.78 Å². The third kappa shape index (κ3) is 5.30. The van der Waals surface area contributed by atoms with Gasteiger partial charge in [0.25, 0.3) is 5.69 Å². The monoisotopic (exact) mass is 408 g/mol. The van der Waals surface area contributed by atoms with Crippen molar-refractivity contribution in [2.45, 2.75) is 19.9 Å². The Morgan fingerprint density at radius 3 is 2.73 bits per heavy atom. The number of hydrogen-bond acceptors (Lipinski definition) is 6. The van der Waals surface area contributed by atoms with Crippen LogP contribution in [0.15, 0.2) is 48.5 Å². The van der Waals surface area contributed by atoms with Gasteiger partial charge in [0.1, 0.15) is 5.82 Å². The van der Waals surface area contributed by atoms with Crippen LogP contribution in [0.25, 0.3) is 17.1 Å². The Bertz CT molecular complexity index is 1070. The minimum Gasteiger partial charge on any atom is -0.463 e. The van der Waals surface area contributed by atoms with Crippen molar-refractivity contribution >= 4 is 28.8 Å². The molecule has 1 aromatic heterocycles. The van der Waals surface area contributed by atoms with Crippen LogP contribution in [0.1, 0.15) is 23.9 Å². The lowest BCUT2D eigenvalue weighted by atomic mass is 10.1. The lowest BCUT2D eigenvalue weighted by Gasteiger charge is -2.06. The zero-order valence-electron chi connectivity index (χ0n) is 17.0. The standard InChI is InChI=1S/C22H24N4O4/c1-3-30-22(27)11-8-16-4-6-17(7-5-16)15-23-13-12-21-24-19-14-18(26(28)29)9-10-20(19)25(21)2/h4-11,14,23H,3,12-13,15H2,1-2H3/b11-8+. The molecule has 0 unspecified atom stereocenters. The van der Waals surface area contributed by atoms with Crippen molar-refractivity contribution in [3.63, 3.8) is 0 Å². The molecule has 1 N–H and O–H groups in total. The average molecular weight is 408 g/mol. The van der Waals surface area contributed by atoms with Crippen molar-refractivity contribution in [3.05, 3.63) is 75.6 Å². The summed E-state index contributed by atoms with van der Waals surface area (Å²) in [5.41, 5.74) is 3.62. The molecule has 0 aliphatic rings. The Morgan fingerprint density at radius 1 is 1.27 bits per heavy atom. The number of nitrogens with zero attached hydrogens (tertiary/aromatic N) is 3. The van der Waals surface area contributed by atoms with Gasteiger partial charge in [0.15, 0.2) is 0 Å². The molecule has 0 fully saturated rings. The van der Waals surface area contributed by atoms with Gasteiger partial charge in [0, 0.05) is 44.8 Å². The molecule has 0 radical (unpaired) electrons. The average Bonchev–Trinajstić information content (AvgIpc) is 3.05. The normalized spacial score (nSPS) is 11.3. The molecule has 0 spiro atoms. The number of nitro groups is 1. The number of ether oxygens (including phenoxy) is 1. The smallest absolute Gasteiger partial charge is 0.330 e. The van der Waals surface area contributed by atoms with E-state index in [1.807, 2.05) is 35.9 Å². The number of nitro benzene ring substituents is 1. The molecule has 3 aromatic rings. The second-order valence-corrected chi connectivity index (χ2v) is 6.77. The van der Waals surface area contributed by atoms with Crippen LogP contribution in [0.3, 0.4) is 0 Å². The lowest BCUT2D eigenvalue weighted by Crippen LogP contribution is -2.18. The third-order valence-corrected chi connectivity index (χ3v) is 4.70. The van der Waals surface area contributed by atoms with Gasteiger partial charge in [-0.05, 0) is 30.2 Å². The number of hydrogen-bond donors (Lipinski definition) is 1. The summed E-state index contributed by atoms with van der Waals surface area (Å²) in [6.45, 7) is 3.57. The summed E-state index contributed by atoms with van der Waals surface area (Å²) >= 11 is 0. The quantitative estimate of drug-likeness (QED) is 0.192. The van der Waals surface area contributed by atoms with Crippen molar-refractivity contribution in [2.24, 2.45) is 7.05 Å². The van der Waals surface area contributed by atoms with Gasteiger partial charge in [-0.3, -0.25) is 10.1 Å². The van der Waals surface area contributed by atoms with Crippen LogP contribution in [-0.4, -0.2) is 33.6 Å². The molecule has 0 atom stereocenters. The van der Waals surface area contributed by atoms with E-state index >= 15 is 0 Å². The predicted octanol–water partition coefficient (Wildman–Crippen LogP) is 3.39. The van der Waals surface area contributed by atoms with E-state index in [-0.39, 0.29) is 11.7 Å². The number of carbonyl (C=O) groups excluding carboxylic acids is 1. The Morgan fingerprint density at radius 2 is 2.03 bits per heavy atom. The van der Waals surface area contributed by atoms with Crippen molar-refractivity contribution < 1.29 is 14.5 Å². The maximum atomic E-state index is 11.3. The predicted molar refractivity (Wildman–Crippen MR) is 115 cm³/mol. The van der Waals surface area contributed by atoms with E-state index < -0.39 is 4.92 Å². The minimum atomic E-state index is -0.409. The van der Waals surface area contributed by atoms with Crippen LogP contribution < -0.4 is 5.32 Å². The molecule has 0 saturated heterocycles. The summed E-state index contributed by atoms with van der Waals surface area (Å²) in [6.07, 6.45) is 3.85. The van der Waals surface area contributed by atoms with E-state index in [0.29, 0.717) is 25.1 Å². The Balaban J connectivity index is 1.52. The molecule has 0 saturated carbocycles. The molecule has 8 nitrogen and oxygen atoms in total. The second-order valence-electron chi connectivity index (χ2n) is 6.77. The number of benzene rings is 2. The van der Waals surface area contributed by atoms with Crippen molar-refractivity contribution in [1.29, 1.82) is 0 Å². The lowest BCUT2D eigenvalue weighted by molar-refractivity contribution is -0.384. The molecule has 30 heavy (non-hydrogen) atoms. The molecule has 8 heteroatoms. The number of nitrogens with one attached hydrogen (secondary N) is 1. The molecule has 0 amide bonds. The zero-order valence-corrected chi connectivity index (χ0v) is 17.0. The van der Waals surface area contributed by atoms with Crippen molar-refractivity contribution in [3.8, 4) is 0 Å². The highest BCUT2D eigenvalue weighted by molar-refractivity contribution is 5.87. The second kappa shape index (κ2) is 9.80. The van der Waals surface area contributed by atoms with Crippen LogP contribution in [0.2, 0.25) is 0 Å². The highest BCUT2D eigenvalue weighted by atomic mass is 16.6. The first-order valence-electron chi connectivity index (χ1n) is 9.72. The first-order chi connectivity index (χ1) is 14.5. The van der Waals surface area contributed by atoms with Gasteiger partial charge < -0.3 is 14.6 Å². The van der Waals surface area contributed by atoms with Crippen molar-refractivity contribution in [1.82, 2.24) is 14.9 Å². The van der Waals surface area contributed by atoms with Gasteiger partial charge in [-0.1, -0.05) is 24.3 Å². The summed E-state index contributed by atoms with van der Waals surface area (Å²) in [7, 11) is 1.92. The van der Waals surface area contributed by atoms with Crippen LogP contribution in [0, 0.1) is 10.1 Å². The Labute approximate surface area is 174 Å². The Kier molecular flexibility index (Phi) is 6.92. The summed E-state index contributed by atoms with van der Waals surface area (Å²) in [4.78, 5) is 26.4. The molecule has 2 aromatic carbocycles. The summed E-state index contributed by atoms with van der Waals surface area (Å²) in [6, 6.07) is 12.6. The highest BCUT2D eigenvalue weighted by Crippen LogP contribution is 2.21. The van der Waals surface area contributed by atoms with Crippen LogP contribution in [0.4, 0.5) is 5.69 Å². The van der Waals surface area contributed by atoms with E-state index in [9.17, 15) is 14.9 Å². The van der Waals surface area contributed by atoms with Gasteiger partial charge >= 0.3 is 5.97 Å². The molecular weight excluding hydrogens is 384 g/mol. The molecule has 1 heterocycles. The SMILES string of the molecule is CCOC(=O)/C=C/c1ccc(CNCCc2nc3cc([N+](=O)[O-])ccc3n2C)cc1. The highest BCUT2D eigenvalue weighted by Gasteiger charge is 2.12. The topological polar surface area (TPSA) is 99.3 Å². The van der Waals surface area contributed by atoms with E-state index in [0.717, 1.165) is 29.0 Å². The Hall–Kier alpha value is -3.52. The van der Waals surface area contributed by atoms with E-state index in [2.05, 4.69) is 10.3 Å². The fourth-order valence-corrected chi connectivity index (χ4v) is 3.11.